The van der Waals surface area contributed by atoms with Crippen LogP contribution in [0.5, 0.6) is 0 Å². The summed E-state index contributed by atoms with van der Waals surface area (Å²) in [5.74, 6) is 1.25. The van der Waals surface area contributed by atoms with Crippen molar-refractivity contribution < 1.29 is 4.74 Å². The molecule has 120 valence electrons. The SMILES string of the molecule is CCCNCC(C)c1c(C)nc(C(CC)OCC)nc1C. The van der Waals surface area contributed by atoms with E-state index in [1.165, 1.54) is 5.56 Å². The average molecular weight is 293 g/mol. The van der Waals surface area contributed by atoms with E-state index >= 15 is 0 Å². The Hall–Kier alpha value is -1.00. The van der Waals surface area contributed by atoms with Crippen LogP contribution in [-0.4, -0.2) is 29.7 Å². The summed E-state index contributed by atoms with van der Waals surface area (Å²) in [6.45, 7) is 15.4. The van der Waals surface area contributed by atoms with Crippen LogP contribution in [0.25, 0.3) is 0 Å². The van der Waals surface area contributed by atoms with Gasteiger partial charge >= 0.3 is 0 Å². The van der Waals surface area contributed by atoms with Crippen LogP contribution in [0.3, 0.4) is 0 Å². The van der Waals surface area contributed by atoms with Crippen LogP contribution in [0, 0.1) is 13.8 Å². The maximum atomic E-state index is 5.73. The van der Waals surface area contributed by atoms with Crippen LogP contribution in [0.15, 0.2) is 0 Å². The Kier molecular flexibility index (Phi) is 7.83. The number of aromatic nitrogens is 2. The average Bonchev–Trinajstić information content (AvgIpc) is 2.44. The van der Waals surface area contributed by atoms with Crippen LogP contribution in [-0.2, 0) is 4.74 Å². The summed E-state index contributed by atoms with van der Waals surface area (Å²) < 4.78 is 5.73. The summed E-state index contributed by atoms with van der Waals surface area (Å²) in [5, 5.41) is 3.48. The van der Waals surface area contributed by atoms with E-state index in [0.29, 0.717) is 12.5 Å². The van der Waals surface area contributed by atoms with E-state index in [4.69, 9.17) is 14.7 Å². The van der Waals surface area contributed by atoms with Gasteiger partial charge in [-0.15, -0.1) is 0 Å². The first-order valence-corrected chi connectivity index (χ1v) is 8.22. The number of hydrogen-bond donors (Lipinski definition) is 1. The Morgan fingerprint density at radius 2 is 1.71 bits per heavy atom. The minimum absolute atomic E-state index is 0.00923. The molecule has 0 saturated carbocycles. The second-order valence-electron chi connectivity index (χ2n) is 5.62. The number of rotatable bonds is 9. The number of aryl methyl sites for hydroxylation is 2. The first-order chi connectivity index (χ1) is 10.0. The first kappa shape index (κ1) is 18.1. The second-order valence-corrected chi connectivity index (χ2v) is 5.62. The Morgan fingerprint density at radius 3 is 2.19 bits per heavy atom. The molecule has 0 aliphatic heterocycles. The van der Waals surface area contributed by atoms with Gasteiger partial charge in [-0.2, -0.15) is 0 Å². The Bertz CT molecular complexity index is 411. The molecule has 0 fully saturated rings. The maximum Gasteiger partial charge on any atom is 0.157 e. The summed E-state index contributed by atoms with van der Waals surface area (Å²) in [4.78, 5) is 9.42. The topological polar surface area (TPSA) is 47.0 Å². The predicted octanol–water partition coefficient (Wildman–Crippen LogP) is 3.68. The fraction of sp³-hybridized carbons (Fsp3) is 0.765. The zero-order valence-electron chi connectivity index (χ0n) is 14.5. The lowest BCUT2D eigenvalue weighted by molar-refractivity contribution is 0.0532. The molecule has 0 amide bonds. The van der Waals surface area contributed by atoms with E-state index in [2.05, 4.69) is 39.9 Å². The third-order valence-electron chi connectivity index (χ3n) is 3.74. The standard InChI is InChI=1S/C17H31N3O/c1-7-10-18-11-12(4)16-13(5)19-17(20-14(16)6)15(8-2)21-9-3/h12,15,18H,7-11H2,1-6H3. The molecule has 1 aromatic rings. The minimum atomic E-state index is 0.00923. The molecule has 2 unspecified atom stereocenters. The number of hydrogen-bond acceptors (Lipinski definition) is 4. The highest BCUT2D eigenvalue weighted by molar-refractivity contribution is 5.28. The quantitative estimate of drug-likeness (QED) is 0.705. The number of nitrogens with zero attached hydrogens (tertiary/aromatic N) is 2. The van der Waals surface area contributed by atoms with Crippen molar-refractivity contribution in [3.05, 3.63) is 22.8 Å². The van der Waals surface area contributed by atoms with Gasteiger partial charge in [0, 0.05) is 24.5 Å². The lowest BCUT2D eigenvalue weighted by Gasteiger charge is -2.20. The van der Waals surface area contributed by atoms with Gasteiger partial charge in [0.05, 0.1) is 0 Å². The fourth-order valence-corrected chi connectivity index (χ4v) is 2.78. The number of ether oxygens (including phenoxy) is 1. The van der Waals surface area contributed by atoms with Crippen LogP contribution in [0.1, 0.15) is 75.3 Å². The lowest BCUT2D eigenvalue weighted by Crippen LogP contribution is -2.23. The van der Waals surface area contributed by atoms with Gasteiger partial charge in [-0.3, -0.25) is 0 Å². The molecule has 21 heavy (non-hydrogen) atoms. The molecule has 0 aliphatic carbocycles. The van der Waals surface area contributed by atoms with Crippen LogP contribution < -0.4 is 5.32 Å². The largest absolute Gasteiger partial charge is 0.371 e. The summed E-state index contributed by atoms with van der Waals surface area (Å²) in [6.07, 6.45) is 2.07. The third kappa shape index (κ3) is 5.04. The van der Waals surface area contributed by atoms with Crippen LogP contribution >= 0.6 is 0 Å². The normalized spacial score (nSPS) is 14.2. The van der Waals surface area contributed by atoms with Gasteiger partial charge in [0.15, 0.2) is 5.82 Å². The third-order valence-corrected chi connectivity index (χ3v) is 3.74. The molecule has 1 N–H and O–H groups in total. The highest BCUT2D eigenvalue weighted by Crippen LogP contribution is 2.24. The molecule has 4 nitrogen and oxygen atoms in total. The molecular weight excluding hydrogens is 262 g/mol. The maximum absolute atomic E-state index is 5.73. The lowest BCUT2D eigenvalue weighted by atomic mass is 9.97. The van der Waals surface area contributed by atoms with Crippen molar-refractivity contribution in [3.63, 3.8) is 0 Å². The molecule has 0 radical (unpaired) electrons. The smallest absolute Gasteiger partial charge is 0.157 e. The van der Waals surface area contributed by atoms with Gasteiger partial charge in [-0.25, -0.2) is 9.97 Å². The Balaban J connectivity index is 2.93. The highest BCUT2D eigenvalue weighted by Gasteiger charge is 2.19. The fourth-order valence-electron chi connectivity index (χ4n) is 2.78. The summed E-state index contributed by atoms with van der Waals surface area (Å²) in [6, 6.07) is 0. The van der Waals surface area contributed by atoms with Gasteiger partial charge in [0.25, 0.3) is 0 Å². The van der Waals surface area contributed by atoms with Crippen molar-refractivity contribution in [2.45, 2.75) is 66.4 Å². The molecule has 0 aliphatic rings. The predicted molar refractivity (Wildman–Crippen MR) is 87.7 cm³/mol. The van der Waals surface area contributed by atoms with E-state index in [1.54, 1.807) is 0 Å². The molecule has 4 heteroatoms. The van der Waals surface area contributed by atoms with Crippen LogP contribution in [0.2, 0.25) is 0 Å². The van der Waals surface area contributed by atoms with Crippen LogP contribution in [0.4, 0.5) is 0 Å². The molecule has 0 spiro atoms. The van der Waals surface area contributed by atoms with E-state index < -0.39 is 0 Å². The van der Waals surface area contributed by atoms with Gasteiger partial charge in [0.1, 0.15) is 6.10 Å². The Morgan fingerprint density at radius 1 is 1.10 bits per heavy atom. The summed E-state index contributed by atoms with van der Waals surface area (Å²) >= 11 is 0. The zero-order chi connectivity index (χ0) is 15.8. The molecule has 0 saturated heterocycles. The summed E-state index contributed by atoms with van der Waals surface area (Å²) in [7, 11) is 0. The Labute approximate surface area is 129 Å². The molecule has 1 aromatic heterocycles. The van der Waals surface area contributed by atoms with Gasteiger partial charge in [-0.05, 0) is 51.6 Å². The van der Waals surface area contributed by atoms with E-state index in [9.17, 15) is 0 Å². The van der Waals surface area contributed by atoms with Crippen molar-refractivity contribution in [2.24, 2.45) is 0 Å². The molecular formula is C17H31N3O. The zero-order valence-corrected chi connectivity index (χ0v) is 14.5. The minimum Gasteiger partial charge on any atom is -0.371 e. The second kappa shape index (κ2) is 9.11. The summed E-state index contributed by atoms with van der Waals surface area (Å²) in [5.41, 5.74) is 3.44. The van der Waals surface area contributed by atoms with E-state index in [1.807, 2.05) is 6.92 Å². The number of nitrogens with one attached hydrogen (secondary N) is 1. The highest BCUT2D eigenvalue weighted by atomic mass is 16.5. The van der Waals surface area contributed by atoms with Gasteiger partial charge in [0.2, 0.25) is 0 Å². The molecule has 0 aromatic carbocycles. The van der Waals surface area contributed by atoms with E-state index in [-0.39, 0.29) is 6.10 Å². The van der Waals surface area contributed by atoms with Crippen molar-refractivity contribution in [1.82, 2.24) is 15.3 Å². The van der Waals surface area contributed by atoms with Crippen molar-refractivity contribution in [2.75, 3.05) is 19.7 Å². The molecule has 2 atom stereocenters. The first-order valence-electron chi connectivity index (χ1n) is 8.22. The molecule has 1 heterocycles. The monoisotopic (exact) mass is 293 g/mol. The molecule has 1 rings (SSSR count). The van der Waals surface area contributed by atoms with E-state index in [0.717, 1.165) is 43.1 Å². The van der Waals surface area contributed by atoms with Gasteiger partial charge < -0.3 is 10.1 Å². The van der Waals surface area contributed by atoms with Crippen molar-refractivity contribution in [3.8, 4) is 0 Å². The van der Waals surface area contributed by atoms with Gasteiger partial charge in [-0.1, -0.05) is 20.8 Å². The van der Waals surface area contributed by atoms with Crippen molar-refractivity contribution >= 4 is 0 Å². The van der Waals surface area contributed by atoms with Crippen molar-refractivity contribution in [1.29, 1.82) is 0 Å². The molecule has 0 bridgehead atoms.